The largest absolute Gasteiger partial charge is 0.462 e. The smallest absolute Gasteiger partial charge is 0.309 e. The van der Waals surface area contributed by atoms with Gasteiger partial charge in [0, 0.05) is 12.8 Å². The summed E-state index contributed by atoms with van der Waals surface area (Å²) < 4.78 is 16.5. The van der Waals surface area contributed by atoms with Gasteiger partial charge in [0.15, 0.2) is 6.10 Å². The third-order valence-electron chi connectivity index (χ3n) is 8.30. The van der Waals surface area contributed by atoms with Gasteiger partial charge in [-0.2, -0.15) is 0 Å². The van der Waals surface area contributed by atoms with Crippen LogP contribution in [0.1, 0.15) is 136 Å². The first kappa shape index (κ1) is 54.0. The Hall–Kier alpha value is -4.97. The lowest BCUT2D eigenvalue weighted by molar-refractivity contribution is -0.166. The highest BCUT2D eigenvalue weighted by Gasteiger charge is 2.19. The number of hydrogen-bond acceptors (Lipinski definition) is 6. The van der Waals surface area contributed by atoms with Crippen LogP contribution in [0.15, 0.2) is 158 Å². The number of carbonyl (C=O) groups excluding carboxylic acids is 3. The molecule has 0 spiro atoms. The Kier molecular flexibility index (Phi) is 41.9. The van der Waals surface area contributed by atoms with E-state index in [2.05, 4.69) is 75.5 Å². The molecule has 0 aliphatic rings. The second-order valence-electron chi connectivity index (χ2n) is 13.7. The molecule has 6 nitrogen and oxygen atoms in total. The maximum Gasteiger partial charge on any atom is 0.309 e. The van der Waals surface area contributed by atoms with Crippen molar-refractivity contribution >= 4 is 17.9 Å². The molecule has 0 aliphatic carbocycles. The highest BCUT2D eigenvalue weighted by molar-refractivity contribution is 5.72. The molecule has 0 amide bonds. The zero-order valence-electron chi connectivity index (χ0n) is 36.7. The lowest BCUT2D eigenvalue weighted by Gasteiger charge is -2.18. The van der Waals surface area contributed by atoms with Gasteiger partial charge in [-0.05, 0) is 70.6 Å². The number of esters is 3. The van der Waals surface area contributed by atoms with Crippen LogP contribution in [-0.4, -0.2) is 37.2 Å². The number of carbonyl (C=O) groups is 3. The summed E-state index contributed by atoms with van der Waals surface area (Å²) in [6, 6.07) is 0. The van der Waals surface area contributed by atoms with Crippen LogP contribution in [0.3, 0.4) is 0 Å². The Morgan fingerprint density at radius 3 is 1.25 bits per heavy atom. The van der Waals surface area contributed by atoms with E-state index in [1.165, 1.54) is 0 Å². The van der Waals surface area contributed by atoms with Crippen LogP contribution in [0.2, 0.25) is 0 Å². The second kappa shape index (κ2) is 45.7. The molecule has 1 atom stereocenters. The molecule has 0 heterocycles. The van der Waals surface area contributed by atoms with Crippen molar-refractivity contribution in [1.82, 2.24) is 0 Å². The van der Waals surface area contributed by atoms with Gasteiger partial charge in [-0.3, -0.25) is 14.4 Å². The number of unbranched alkanes of at least 4 members (excludes halogenated alkanes) is 8. The minimum absolute atomic E-state index is 0.112. The zero-order chi connectivity index (χ0) is 43.0. The molecule has 0 fully saturated rings. The highest BCUT2D eigenvalue weighted by atomic mass is 16.6. The van der Waals surface area contributed by atoms with E-state index >= 15 is 0 Å². The summed E-state index contributed by atoms with van der Waals surface area (Å²) in [6.07, 6.45) is 66.8. The van der Waals surface area contributed by atoms with Gasteiger partial charge < -0.3 is 14.2 Å². The van der Waals surface area contributed by atoms with E-state index in [1.807, 2.05) is 97.2 Å². The first-order valence-corrected chi connectivity index (χ1v) is 22.1. The molecule has 0 aromatic carbocycles. The quantitative estimate of drug-likeness (QED) is 0.0206. The average molecular weight is 809 g/mol. The fourth-order valence-electron chi connectivity index (χ4n) is 5.07. The molecule has 59 heavy (non-hydrogen) atoms. The van der Waals surface area contributed by atoms with Gasteiger partial charge in [0.2, 0.25) is 0 Å². The van der Waals surface area contributed by atoms with Gasteiger partial charge in [0.05, 0.1) is 6.42 Å². The summed E-state index contributed by atoms with van der Waals surface area (Å²) in [7, 11) is 0. The third kappa shape index (κ3) is 44.0. The topological polar surface area (TPSA) is 78.9 Å². The van der Waals surface area contributed by atoms with E-state index in [0.717, 1.165) is 83.5 Å². The normalized spacial score (nSPS) is 13.6. The van der Waals surface area contributed by atoms with Crippen LogP contribution < -0.4 is 0 Å². The molecule has 0 rings (SSSR count). The minimum Gasteiger partial charge on any atom is -0.462 e. The Labute approximate surface area is 359 Å². The Bertz CT molecular complexity index is 1440. The van der Waals surface area contributed by atoms with E-state index in [1.54, 1.807) is 6.08 Å². The molecule has 0 aromatic heterocycles. The van der Waals surface area contributed by atoms with Crippen LogP contribution in [0.25, 0.3) is 0 Å². The van der Waals surface area contributed by atoms with Crippen molar-refractivity contribution in [3.63, 3.8) is 0 Å². The van der Waals surface area contributed by atoms with E-state index in [4.69, 9.17) is 14.2 Å². The fraction of sp³-hybridized carbons (Fsp3) is 0.453. The van der Waals surface area contributed by atoms with Gasteiger partial charge in [-0.1, -0.05) is 204 Å². The minimum atomic E-state index is -0.850. The maximum atomic E-state index is 12.7. The van der Waals surface area contributed by atoms with Crippen molar-refractivity contribution in [2.45, 2.75) is 142 Å². The van der Waals surface area contributed by atoms with E-state index in [0.29, 0.717) is 12.8 Å². The fourth-order valence-corrected chi connectivity index (χ4v) is 5.07. The first-order valence-electron chi connectivity index (χ1n) is 22.1. The van der Waals surface area contributed by atoms with Crippen LogP contribution in [0, 0.1) is 0 Å². The van der Waals surface area contributed by atoms with Gasteiger partial charge in [-0.25, -0.2) is 0 Å². The lowest BCUT2D eigenvalue weighted by Crippen LogP contribution is -2.30. The van der Waals surface area contributed by atoms with Crippen LogP contribution in [0.4, 0.5) is 0 Å². The molecule has 0 N–H and O–H groups in total. The van der Waals surface area contributed by atoms with Crippen molar-refractivity contribution in [3.8, 4) is 0 Å². The van der Waals surface area contributed by atoms with Crippen molar-refractivity contribution in [2.24, 2.45) is 0 Å². The number of ether oxygens (including phenoxy) is 3. The Morgan fingerprint density at radius 2 is 0.746 bits per heavy atom. The predicted octanol–water partition coefficient (Wildman–Crippen LogP) is 14.3. The SMILES string of the molecule is CC\C=C/C=C\C=C/C=C\C=C\C=C/CCCCCC(=O)OCC(COC(=O)C/C=C\C/C=C\C/C=C\CC)OC(=O)CCCCCCC\C=C/C=C\C=C/C=C\CC. The summed E-state index contributed by atoms with van der Waals surface area (Å²) in [5.41, 5.74) is 0. The molecule has 6 heteroatoms. The van der Waals surface area contributed by atoms with Crippen molar-refractivity contribution in [2.75, 3.05) is 13.2 Å². The molecule has 1 unspecified atom stereocenters. The van der Waals surface area contributed by atoms with E-state index in [9.17, 15) is 14.4 Å². The Balaban J connectivity index is 4.61. The van der Waals surface area contributed by atoms with Crippen molar-refractivity contribution < 1.29 is 28.6 Å². The number of hydrogen-bond donors (Lipinski definition) is 0. The van der Waals surface area contributed by atoms with Gasteiger partial charge in [0.25, 0.3) is 0 Å². The monoisotopic (exact) mass is 809 g/mol. The summed E-state index contributed by atoms with van der Waals surface area (Å²) in [5.74, 6) is -1.16. The van der Waals surface area contributed by atoms with Crippen LogP contribution in [0.5, 0.6) is 0 Å². The molecule has 0 saturated carbocycles. The molecular weight excluding hydrogens is 733 g/mol. The summed E-state index contributed by atoms with van der Waals surface area (Å²) in [5, 5.41) is 0. The van der Waals surface area contributed by atoms with Crippen molar-refractivity contribution in [1.29, 1.82) is 0 Å². The van der Waals surface area contributed by atoms with Gasteiger partial charge in [-0.15, -0.1) is 0 Å². The van der Waals surface area contributed by atoms with Gasteiger partial charge >= 0.3 is 17.9 Å². The summed E-state index contributed by atoms with van der Waals surface area (Å²) in [4.78, 5) is 37.6. The predicted molar refractivity (Wildman–Crippen MR) is 251 cm³/mol. The lowest BCUT2D eigenvalue weighted by atomic mass is 10.1. The first-order chi connectivity index (χ1) is 29.0. The molecule has 0 bridgehead atoms. The molecule has 0 radical (unpaired) electrons. The molecule has 0 aromatic rings. The maximum absolute atomic E-state index is 12.7. The summed E-state index contributed by atoms with van der Waals surface area (Å²) >= 11 is 0. The molecule has 0 saturated heterocycles. The molecular formula is C53H76O6. The second-order valence-corrected chi connectivity index (χ2v) is 13.7. The van der Waals surface area contributed by atoms with E-state index in [-0.39, 0.29) is 44.4 Å². The number of rotatable bonds is 36. The third-order valence-corrected chi connectivity index (χ3v) is 8.30. The molecule has 0 aliphatic heterocycles. The number of allylic oxidation sites excluding steroid dienone is 25. The Morgan fingerprint density at radius 1 is 0.373 bits per heavy atom. The van der Waals surface area contributed by atoms with Crippen LogP contribution >= 0.6 is 0 Å². The summed E-state index contributed by atoms with van der Waals surface area (Å²) in [6.45, 7) is 6.02. The van der Waals surface area contributed by atoms with Gasteiger partial charge in [0.1, 0.15) is 13.2 Å². The average Bonchev–Trinajstić information content (AvgIpc) is 3.23. The standard InChI is InChI=1S/C53H76O6/c1-4-7-10-13-16-19-21-23-25-26-28-29-31-34-37-40-43-46-52(55)58-49-50(48-57-51(54)45-42-39-36-33-18-15-12-9-6-3)59-53(56)47-44-41-38-35-32-30-27-24-22-20-17-14-11-8-5-2/h7-14,16-29,31,33,39,42,50H,4-6,15,30,32,34-38,40-41,43-49H2,1-3H3/b10-7-,11-8-,12-9-,16-13-,17-14-,21-19-,22-20-,25-23-,27-24-,28-26+,31-29-,33-18-,42-39-. The molecule has 324 valence electrons. The van der Waals surface area contributed by atoms with E-state index < -0.39 is 12.1 Å². The zero-order valence-corrected chi connectivity index (χ0v) is 36.7. The van der Waals surface area contributed by atoms with Crippen LogP contribution in [-0.2, 0) is 28.6 Å². The highest BCUT2D eigenvalue weighted by Crippen LogP contribution is 2.11. The van der Waals surface area contributed by atoms with Crippen molar-refractivity contribution in [3.05, 3.63) is 158 Å².